The molecule has 0 spiro atoms. The predicted octanol–water partition coefficient (Wildman–Crippen LogP) is 3.35. The largest absolute Gasteiger partial charge is 0.489 e. The Labute approximate surface area is 207 Å². The van der Waals surface area contributed by atoms with Crippen LogP contribution in [0.2, 0.25) is 0 Å². The molecule has 0 amide bonds. The van der Waals surface area contributed by atoms with Crippen LogP contribution in [0.15, 0.2) is 48.5 Å². The molecule has 0 saturated carbocycles. The third-order valence-electron chi connectivity index (χ3n) is 5.71. The molecule has 1 saturated heterocycles. The zero-order chi connectivity index (χ0) is 22.0. The fourth-order valence-corrected chi connectivity index (χ4v) is 5.41. The number of halogens is 2. The van der Waals surface area contributed by atoms with Crippen LogP contribution < -0.4 is 20.1 Å². The third-order valence-corrected chi connectivity index (χ3v) is 7.51. The van der Waals surface area contributed by atoms with Crippen molar-refractivity contribution in [2.24, 2.45) is 5.73 Å². The summed E-state index contributed by atoms with van der Waals surface area (Å²) >= 11 is 0. The standard InChI is InChI=1S/C23H28N4O3S.2ClH/c1-2-31(28,29)27-19(7-6-16-4-3-5-17(12-16)23(24)25)13-18-14-20(8-9-22(18)27)30-21-10-11-26-15-21;;/h3-9,12,14,19,21,26H,2,10-11,13,15H2,1H3,(H3,24,25);2*1H/b7-6+;;. The highest BCUT2D eigenvalue weighted by molar-refractivity contribution is 7.92. The number of benzene rings is 2. The van der Waals surface area contributed by atoms with Gasteiger partial charge in [-0.1, -0.05) is 30.4 Å². The van der Waals surface area contributed by atoms with E-state index in [1.54, 1.807) is 13.0 Å². The van der Waals surface area contributed by atoms with E-state index in [0.29, 0.717) is 17.7 Å². The summed E-state index contributed by atoms with van der Waals surface area (Å²) in [5, 5.41) is 10.9. The highest BCUT2D eigenvalue weighted by Gasteiger charge is 2.35. The van der Waals surface area contributed by atoms with Crippen molar-refractivity contribution in [3.8, 4) is 5.75 Å². The summed E-state index contributed by atoms with van der Waals surface area (Å²) in [4.78, 5) is 0. The number of nitrogens with zero attached hydrogens (tertiary/aromatic N) is 1. The molecule has 0 bridgehead atoms. The Morgan fingerprint density at radius 3 is 2.73 bits per heavy atom. The molecular formula is C23H30Cl2N4O3S. The number of hydrogen-bond donors (Lipinski definition) is 3. The molecule has 2 aliphatic rings. The quantitative estimate of drug-likeness (QED) is 0.389. The maximum absolute atomic E-state index is 12.9. The number of nitrogens with one attached hydrogen (secondary N) is 2. The predicted molar refractivity (Wildman–Crippen MR) is 139 cm³/mol. The molecule has 2 unspecified atom stereocenters. The number of fused-ring (bicyclic) bond motifs is 1. The fourth-order valence-electron chi connectivity index (χ4n) is 4.10. The van der Waals surface area contributed by atoms with E-state index in [9.17, 15) is 8.42 Å². The second kappa shape index (κ2) is 11.2. The Balaban J connectivity index is 0.00000193. The lowest BCUT2D eigenvalue weighted by Gasteiger charge is -2.24. The van der Waals surface area contributed by atoms with Gasteiger partial charge in [-0.25, -0.2) is 8.42 Å². The van der Waals surface area contributed by atoms with Gasteiger partial charge in [-0.05, 0) is 61.7 Å². The highest BCUT2D eigenvalue weighted by Crippen LogP contribution is 2.38. The van der Waals surface area contributed by atoms with Crippen molar-refractivity contribution < 1.29 is 13.2 Å². The van der Waals surface area contributed by atoms with E-state index in [-0.39, 0.29) is 48.5 Å². The molecule has 2 aliphatic heterocycles. The van der Waals surface area contributed by atoms with Crippen LogP contribution >= 0.6 is 24.8 Å². The normalized spacial score (nSPS) is 19.6. The van der Waals surface area contributed by atoms with Crippen LogP contribution in [-0.2, 0) is 16.4 Å². The topological polar surface area (TPSA) is 109 Å². The molecule has 0 aromatic heterocycles. The van der Waals surface area contributed by atoms with Gasteiger partial charge in [-0.3, -0.25) is 9.71 Å². The van der Waals surface area contributed by atoms with E-state index >= 15 is 0 Å². The number of amidine groups is 1. The first kappa shape index (κ1) is 27.0. The van der Waals surface area contributed by atoms with Crippen LogP contribution in [0.4, 0.5) is 5.69 Å². The van der Waals surface area contributed by atoms with Crippen LogP contribution in [0.3, 0.4) is 0 Å². The van der Waals surface area contributed by atoms with Crippen LogP contribution in [0.5, 0.6) is 5.75 Å². The van der Waals surface area contributed by atoms with E-state index in [4.69, 9.17) is 15.9 Å². The lowest BCUT2D eigenvalue weighted by molar-refractivity contribution is 0.223. The Morgan fingerprint density at radius 1 is 1.27 bits per heavy atom. The van der Waals surface area contributed by atoms with E-state index in [1.165, 1.54) is 4.31 Å². The summed E-state index contributed by atoms with van der Waals surface area (Å²) in [6, 6.07) is 12.7. The van der Waals surface area contributed by atoms with Gasteiger partial charge in [-0.15, -0.1) is 24.8 Å². The molecule has 180 valence electrons. The number of nitrogens with two attached hydrogens (primary N) is 1. The molecule has 2 aromatic rings. The molecule has 4 N–H and O–H groups in total. The van der Waals surface area contributed by atoms with Crippen molar-refractivity contribution >= 4 is 52.4 Å². The van der Waals surface area contributed by atoms with Crippen molar-refractivity contribution in [2.75, 3.05) is 23.1 Å². The number of ether oxygens (including phenoxy) is 1. The highest BCUT2D eigenvalue weighted by atomic mass is 35.5. The summed E-state index contributed by atoms with van der Waals surface area (Å²) in [7, 11) is -3.44. The Hall–Kier alpha value is -2.26. The monoisotopic (exact) mass is 512 g/mol. The van der Waals surface area contributed by atoms with E-state index in [0.717, 1.165) is 36.4 Å². The summed E-state index contributed by atoms with van der Waals surface area (Å²) in [5.41, 5.74) is 8.77. The van der Waals surface area contributed by atoms with E-state index in [2.05, 4.69) is 5.32 Å². The average Bonchev–Trinajstić information content (AvgIpc) is 3.39. The zero-order valence-corrected chi connectivity index (χ0v) is 20.8. The van der Waals surface area contributed by atoms with Crippen LogP contribution in [0.1, 0.15) is 30.0 Å². The van der Waals surface area contributed by atoms with Gasteiger partial charge in [0, 0.05) is 12.1 Å². The first-order chi connectivity index (χ1) is 14.9. The van der Waals surface area contributed by atoms with Crippen LogP contribution in [-0.4, -0.2) is 45.2 Å². The van der Waals surface area contributed by atoms with Crippen molar-refractivity contribution in [3.63, 3.8) is 0 Å². The number of rotatable bonds is 7. The molecule has 1 fully saturated rings. The van der Waals surface area contributed by atoms with Gasteiger partial charge < -0.3 is 15.8 Å². The van der Waals surface area contributed by atoms with Crippen molar-refractivity contribution in [2.45, 2.75) is 31.9 Å². The summed E-state index contributed by atoms with van der Waals surface area (Å²) in [6.45, 7) is 3.45. The van der Waals surface area contributed by atoms with Gasteiger partial charge in [0.2, 0.25) is 10.0 Å². The first-order valence-corrected chi connectivity index (χ1v) is 12.1. The first-order valence-electron chi connectivity index (χ1n) is 10.5. The minimum Gasteiger partial charge on any atom is -0.489 e. The van der Waals surface area contributed by atoms with Crippen LogP contribution in [0, 0.1) is 5.41 Å². The number of hydrogen-bond acceptors (Lipinski definition) is 5. The maximum Gasteiger partial charge on any atom is 0.235 e. The molecule has 2 aromatic carbocycles. The van der Waals surface area contributed by atoms with Gasteiger partial charge in [0.15, 0.2) is 0 Å². The smallest absolute Gasteiger partial charge is 0.235 e. The second-order valence-corrected chi connectivity index (χ2v) is 10.0. The Kier molecular flexibility index (Phi) is 9.20. The molecule has 2 atom stereocenters. The number of anilines is 1. The maximum atomic E-state index is 12.9. The van der Waals surface area contributed by atoms with Crippen molar-refractivity contribution in [3.05, 3.63) is 65.2 Å². The second-order valence-electron chi connectivity index (χ2n) is 7.89. The molecule has 0 aliphatic carbocycles. The Bertz CT molecular complexity index is 1120. The molecule has 33 heavy (non-hydrogen) atoms. The molecule has 0 radical (unpaired) electrons. The Morgan fingerprint density at radius 2 is 2.06 bits per heavy atom. The molecule has 2 heterocycles. The fraction of sp³-hybridized carbons (Fsp3) is 0.348. The molecule has 4 rings (SSSR count). The SMILES string of the molecule is CCS(=O)(=O)N1c2ccc(OC3CCNC3)cc2CC1/C=C/c1cccc(C(=N)N)c1.Cl.Cl. The third kappa shape index (κ3) is 6.00. The van der Waals surface area contributed by atoms with Crippen LogP contribution in [0.25, 0.3) is 6.08 Å². The lowest BCUT2D eigenvalue weighted by Crippen LogP contribution is -2.37. The van der Waals surface area contributed by atoms with Gasteiger partial charge in [0.1, 0.15) is 17.7 Å². The molecule has 7 nitrogen and oxygen atoms in total. The zero-order valence-electron chi connectivity index (χ0n) is 18.4. The van der Waals surface area contributed by atoms with Gasteiger partial charge in [-0.2, -0.15) is 0 Å². The van der Waals surface area contributed by atoms with Gasteiger partial charge >= 0.3 is 0 Å². The minimum atomic E-state index is -3.44. The average molecular weight is 513 g/mol. The van der Waals surface area contributed by atoms with Crippen molar-refractivity contribution in [1.29, 1.82) is 5.41 Å². The number of nitrogen functional groups attached to an aromatic ring is 1. The van der Waals surface area contributed by atoms with E-state index in [1.807, 2.05) is 48.6 Å². The number of sulfonamides is 1. The van der Waals surface area contributed by atoms with Gasteiger partial charge in [0.05, 0.1) is 17.5 Å². The van der Waals surface area contributed by atoms with Gasteiger partial charge in [0.25, 0.3) is 0 Å². The summed E-state index contributed by atoms with van der Waals surface area (Å²) < 4.78 is 33.4. The lowest BCUT2D eigenvalue weighted by atomic mass is 10.1. The van der Waals surface area contributed by atoms with E-state index < -0.39 is 10.0 Å². The minimum absolute atomic E-state index is 0. The summed E-state index contributed by atoms with van der Waals surface area (Å²) in [5.74, 6) is 0.812. The molecular weight excluding hydrogens is 483 g/mol. The van der Waals surface area contributed by atoms with Crippen molar-refractivity contribution in [1.82, 2.24) is 5.32 Å². The molecule has 10 heteroatoms. The summed E-state index contributed by atoms with van der Waals surface area (Å²) in [6.07, 6.45) is 5.51.